The molecule has 0 bridgehead atoms. The smallest absolute Gasteiger partial charge is 0.338 e. The fourth-order valence-electron chi connectivity index (χ4n) is 2.51. The maximum absolute atomic E-state index is 12.4. The predicted molar refractivity (Wildman–Crippen MR) is 87.0 cm³/mol. The van der Waals surface area contributed by atoms with Crippen LogP contribution in [0.5, 0.6) is 0 Å². The molecule has 2 aliphatic rings. The summed E-state index contributed by atoms with van der Waals surface area (Å²) in [6.45, 7) is 6.11. The second-order valence-corrected chi connectivity index (χ2v) is 6.59. The number of nitrogens with zero attached hydrogens (tertiary/aromatic N) is 2. The number of esters is 1. The molecule has 1 aromatic rings. The molecule has 2 aliphatic heterocycles. The number of amidine groups is 1. The fraction of sp³-hybridized carbons (Fsp3) is 0.333. The number of ether oxygens (including phenoxy) is 1. The minimum absolute atomic E-state index is 0.136. The van der Waals surface area contributed by atoms with E-state index in [1.807, 2.05) is 32.2 Å². The van der Waals surface area contributed by atoms with E-state index in [0.717, 1.165) is 21.4 Å². The van der Waals surface area contributed by atoms with E-state index in [1.54, 1.807) is 23.1 Å². The third-order valence-corrected chi connectivity index (χ3v) is 5.30. The molecule has 0 aliphatic carbocycles. The Morgan fingerprint density at radius 3 is 2.95 bits per heavy atom. The second-order valence-electron chi connectivity index (χ2n) is 4.78. The van der Waals surface area contributed by atoms with E-state index in [0.29, 0.717) is 12.2 Å². The third-order valence-electron chi connectivity index (χ3n) is 3.41. The molecular weight excluding hydrogens is 304 g/mol. The average Bonchev–Trinajstić information content (AvgIpc) is 3.08. The molecule has 110 valence electrons. The summed E-state index contributed by atoms with van der Waals surface area (Å²) in [5, 5.41) is 5.03. The molecule has 1 unspecified atom stereocenters. The van der Waals surface area contributed by atoms with E-state index in [1.165, 1.54) is 0 Å². The Hall–Kier alpha value is -1.53. The Bertz CT molecular complexity index is 659. The summed E-state index contributed by atoms with van der Waals surface area (Å²) in [5.74, 6) is -0.277. The van der Waals surface area contributed by atoms with Gasteiger partial charge in [-0.3, -0.25) is 0 Å². The maximum Gasteiger partial charge on any atom is 0.338 e. The Morgan fingerprint density at radius 2 is 2.29 bits per heavy atom. The summed E-state index contributed by atoms with van der Waals surface area (Å²) in [7, 11) is 0. The molecule has 1 atom stereocenters. The van der Waals surface area contributed by atoms with Crippen LogP contribution in [-0.2, 0) is 9.53 Å². The van der Waals surface area contributed by atoms with Crippen LogP contribution in [0, 0.1) is 0 Å². The van der Waals surface area contributed by atoms with Crippen LogP contribution in [0.4, 0.5) is 0 Å². The van der Waals surface area contributed by atoms with E-state index in [-0.39, 0.29) is 12.0 Å². The first-order chi connectivity index (χ1) is 10.1. The van der Waals surface area contributed by atoms with Crippen LogP contribution in [0.1, 0.15) is 31.7 Å². The van der Waals surface area contributed by atoms with Crippen molar-refractivity contribution in [2.45, 2.75) is 26.8 Å². The normalized spacial score (nSPS) is 21.1. The van der Waals surface area contributed by atoms with Gasteiger partial charge in [0.2, 0.25) is 0 Å². The van der Waals surface area contributed by atoms with Gasteiger partial charge in [-0.05, 0) is 37.6 Å². The number of thiophene rings is 1. The molecule has 3 heterocycles. The zero-order valence-electron chi connectivity index (χ0n) is 12.1. The van der Waals surface area contributed by atoms with Crippen LogP contribution >= 0.6 is 23.1 Å². The van der Waals surface area contributed by atoms with Crippen LogP contribution in [0.25, 0.3) is 0 Å². The van der Waals surface area contributed by atoms with E-state index in [9.17, 15) is 4.79 Å². The third kappa shape index (κ3) is 2.42. The number of thioether (sulfide) groups is 1. The zero-order valence-corrected chi connectivity index (χ0v) is 13.8. The van der Waals surface area contributed by atoms with Gasteiger partial charge in [-0.25, -0.2) is 9.79 Å². The van der Waals surface area contributed by atoms with Crippen molar-refractivity contribution in [1.29, 1.82) is 0 Å². The van der Waals surface area contributed by atoms with Gasteiger partial charge >= 0.3 is 5.97 Å². The standard InChI is InChI=1S/C15H16N2O2S2/c1-4-19-14(18)12-10(3)16-15-17(9(2)8-21-15)13(12)11-6-5-7-20-11/h5-8,13H,4H2,1-3H3. The van der Waals surface area contributed by atoms with Gasteiger partial charge in [0.15, 0.2) is 5.17 Å². The minimum Gasteiger partial charge on any atom is -0.463 e. The lowest BCUT2D eigenvalue weighted by atomic mass is 10.0. The summed E-state index contributed by atoms with van der Waals surface area (Å²) in [4.78, 5) is 20.2. The number of allylic oxidation sites excluding steroid dienone is 2. The molecule has 4 nitrogen and oxygen atoms in total. The monoisotopic (exact) mass is 320 g/mol. The highest BCUT2D eigenvalue weighted by molar-refractivity contribution is 8.16. The van der Waals surface area contributed by atoms with Gasteiger partial charge in [0, 0.05) is 10.6 Å². The van der Waals surface area contributed by atoms with Gasteiger partial charge in [-0.2, -0.15) is 0 Å². The molecular formula is C15H16N2O2S2. The molecule has 0 radical (unpaired) electrons. The van der Waals surface area contributed by atoms with Gasteiger partial charge in [0.05, 0.1) is 17.9 Å². The molecule has 0 N–H and O–H groups in total. The molecule has 6 heteroatoms. The summed E-state index contributed by atoms with van der Waals surface area (Å²) in [5.41, 5.74) is 2.48. The zero-order chi connectivity index (χ0) is 15.0. The highest BCUT2D eigenvalue weighted by atomic mass is 32.2. The summed E-state index contributed by atoms with van der Waals surface area (Å²) >= 11 is 3.25. The summed E-state index contributed by atoms with van der Waals surface area (Å²) in [6, 6.07) is 3.93. The quantitative estimate of drug-likeness (QED) is 0.792. The van der Waals surface area contributed by atoms with Crippen LogP contribution in [-0.4, -0.2) is 22.6 Å². The number of carbonyl (C=O) groups excluding carboxylic acids is 1. The van der Waals surface area contributed by atoms with Crippen molar-refractivity contribution in [3.63, 3.8) is 0 Å². The average molecular weight is 320 g/mol. The minimum atomic E-state index is -0.277. The molecule has 0 amide bonds. The molecule has 0 saturated carbocycles. The van der Waals surface area contributed by atoms with Gasteiger partial charge in [0.1, 0.15) is 6.04 Å². The van der Waals surface area contributed by atoms with Crippen LogP contribution < -0.4 is 0 Å². The SMILES string of the molecule is CCOC(=O)C1=C(C)N=C2SC=C(C)N2C1c1cccs1. The lowest BCUT2D eigenvalue weighted by Crippen LogP contribution is -2.35. The van der Waals surface area contributed by atoms with Crippen molar-refractivity contribution < 1.29 is 9.53 Å². The van der Waals surface area contributed by atoms with Gasteiger partial charge in [-0.15, -0.1) is 11.3 Å². The first-order valence-electron chi connectivity index (χ1n) is 6.76. The van der Waals surface area contributed by atoms with E-state index < -0.39 is 0 Å². The number of carbonyl (C=O) groups is 1. The molecule has 0 fully saturated rings. The van der Waals surface area contributed by atoms with E-state index in [4.69, 9.17) is 4.74 Å². The molecule has 21 heavy (non-hydrogen) atoms. The van der Waals surface area contributed by atoms with Crippen LogP contribution in [0.15, 0.2) is 44.9 Å². The van der Waals surface area contributed by atoms with Gasteiger partial charge in [0.25, 0.3) is 0 Å². The van der Waals surface area contributed by atoms with Crippen molar-refractivity contribution in [3.8, 4) is 0 Å². The van der Waals surface area contributed by atoms with Crippen LogP contribution in [0.2, 0.25) is 0 Å². The number of hydrogen-bond acceptors (Lipinski definition) is 6. The Labute approximate surface area is 132 Å². The van der Waals surface area contributed by atoms with E-state index >= 15 is 0 Å². The first kappa shape index (κ1) is 14.4. The van der Waals surface area contributed by atoms with Crippen molar-refractivity contribution >= 4 is 34.2 Å². The highest BCUT2D eigenvalue weighted by Gasteiger charge is 2.39. The largest absolute Gasteiger partial charge is 0.463 e. The lowest BCUT2D eigenvalue weighted by molar-refractivity contribution is -0.139. The van der Waals surface area contributed by atoms with Crippen molar-refractivity contribution in [2.24, 2.45) is 4.99 Å². The fourth-order valence-corrected chi connectivity index (χ4v) is 4.28. The molecule has 3 rings (SSSR count). The number of rotatable bonds is 3. The number of fused-ring (bicyclic) bond motifs is 1. The van der Waals surface area contributed by atoms with Gasteiger partial charge < -0.3 is 9.64 Å². The van der Waals surface area contributed by atoms with E-state index in [2.05, 4.69) is 21.4 Å². The Kier molecular flexibility index (Phi) is 3.91. The molecule has 0 aromatic carbocycles. The second kappa shape index (κ2) is 5.69. The van der Waals surface area contributed by atoms with Crippen molar-refractivity contribution in [1.82, 2.24) is 4.90 Å². The lowest BCUT2D eigenvalue weighted by Gasteiger charge is -2.34. The molecule has 0 saturated heterocycles. The number of aliphatic imine (C=N–C) groups is 1. The number of hydrogen-bond donors (Lipinski definition) is 0. The van der Waals surface area contributed by atoms with Gasteiger partial charge in [-0.1, -0.05) is 17.8 Å². The molecule has 0 spiro atoms. The molecule has 1 aromatic heterocycles. The topological polar surface area (TPSA) is 41.9 Å². The first-order valence-corrected chi connectivity index (χ1v) is 8.52. The Balaban J connectivity index is 2.11. The Morgan fingerprint density at radius 1 is 1.48 bits per heavy atom. The van der Waals surface area contributed by atoms with Crippen LogP contribution in [0.3, 0.4) is 0 Å². The summed E-state index contributed by atoms with van der Waals surface area (Å²) in [6.07, 6.45) is 0. The van der Waals surface area contributed by atoms with Crippen molar-refractivity contribution in [2.75, 3.05) is 6.61 Å². The maximum atomic E-state index is 12.4. The van der Waals surface area contributed by atoms with Crippen molar-refractivity contribution in [3.05, 3.63) is 44.8 Å². The predicted octanol–water partition coefficient (Wildman–Crippen LogP) is 3.91. The highest BCUT2D eigenvalue weighted by Crippen LogP contribution is 2.44. The summed E-state index contributed by atoms with van der Waals surface area (Å²) < 4.78 is 5.25.